The van der Waals surface area contributed by atoms with Gasteiger partial charge in [-0.3, -0.25) is 0 Å². The van der Waals surface area contributed by atoms with E-state index in [4.69, 9.17) is 10.5 Å². The second-order valence-electron chi connectivity index (χ2n) is 3.49. The predicted octanol–water partition coefficient (Wildman–Crippen LogP) is 1.63. The molecule has 1 aromatic heterocycles. The summed E-state index contributed by atoms with van der Waals surface area (Å²) in [6.45, 7) is 6.07. The number of hydrogen-bond donors (Lipinski definition) is 1. The first kappa shape index (κ1) is 9.77. The molecule has 0 unspecified atom stereocenters. The van der Waals surface area contributed by atoms with Gasteiger partial charge in [0, 0.05) is 0 Å². The van der Waals surface area contributed by atoms with Crippen LogP contribution in [0.15, 0.2) is 12.4 Å². The third-order valence-corrected chi connectivity index (χ3v) is 1.88. The number of aromatic nitrogens is 2. The molecular formula is C9H15N3O. The van der Waals surface area contributed by atoms with E-state index in [9.17, 15) is 0 Å². The molecule has 4 heteroatoms. The molecule has 0 amide bonds. The van der Waals surface area contributed by atoms with Gasteiger partial charge in [0.25, 0.3) is 0 Å². The molecule has 2 N–H and O–H groups in total. The summed E-state index contributed by atoms with van der Waals surface area (Å²) < 4.78 is 5.58. The van der Waals surface area contributed by atoms with Crippen LogP contribution in [-0.4, -0.2) is 15.6 Å². The summed E-state index contributed by atoms with van der Waals surface area (Å²) in [5, 5.41) is 0. The Morgan fingerprint density at radius 1 is 1.38 bits per heavy atom. The SMILES string of the molecule is CCC(C)(C)Oc1cnc(N)cn1. The lowest BCUT2D eigenvalue weighted by molar-refractivity contribution is 0.0985. The average molecular weight is 181 g/mol. The van der Waals surface area contributed by atoms with Crippen LogP contribution in [0.5, 0.6) is 5.88 Å². The molecule has 0 aliphatic carbocycles. The molecule has 1 rings (SSSR count). The number of nitrogens with zero attached hydrogens (tertiary/aromatic N) is 2. The van der Waals surface area contributed by atoms with Crippen LogP contribution in [0.3, 0.4) is 0 Å². The smallest absolute Gasteiger partial charge is 0.232 e. The Balaban J connectivity index is 2.69. The van der Waals surface area contributed by atoms with E-state index >= 15 is 0 Å². The number of rotatable bonds is 3. The Hall–Kier alpha value is -1.32. The minimum atomic E-state index is -0.204. The molecule has 0 fully saturated rings. The lowest BCUT2D eigenvalue weighted by atomic mass is 10.1. The monoisotopic (exact) mass is 181 g/mol. The second kappa shape index (κ2) is 3.60. The molecule has 0 bridgehead atoms. The van der Waals surface area contributed by atoms with Crippen molar-refractivity contribution in [2.75, 3.05) is 5.73 Å². The quantitative estimate of drug-likeness (QED) is 0.769. The van der Waals surface area contributed by atoms with Gasteiger partial charge in [-0.1, -0.05) is 6.92 Å². The van der Waals surface area contributed by atoms with Crippen molar-refractivity contribution in [2.24, 2.45) is 0 Å². The van der Waals surface area contributed by atoms with Gasteiger partial charge in [-0.25, -0.2) is 9.97 Å². The second-order valence-corrected chi connectivity index (χ2v) is 3.49. The summed E-state index contributed by atoms with van der Waals surface area (Å²) in [6, 6.07) is 0. The van der Waals surface area contributed by atoms with E-state index in [-0.39, 0.29) is 5.60 Å². The van der Waals surface area contributed by atoms with Gasteiger partial charge in [-0.05, 0) is 20.3 Å². The Bertz CT molecular complexity index is 269. The fraction of sp³-hybridized carbons (Fsp3) is 0.556. The first-order chi connectivity index (χ1) is 6.03. The third-order valence-electron chi connectivity index (χ3n) is 1.88. The first-order valence-corrected chi connectivity index (χ1v) is 4.30. The lowest BCUT2D eigenvalue weighted by Crippen LogP contribution is -2.27. The van der Waals surface area contributed by atoms with Gasteiger partial charge in [-0.2, -0.15) is 0 Å². The average Bonchev–Trinajstić information content (AvgIpc) is 2.09. The maximum atomic E-state index is 5.58. The first-order valence-electron chi connectivity index (χ1n) is 4.30. The standard InChI is InChI=1S/C9H15N3O/c1-4-9(2,3)13-8-6-11-7(10)5-12-8/h5-6H,4H2,1-3H3,(H2,10,11). The van der Waals surface area contributed by atoms with Gasteiger partial charge in [0.15, 0.2) is 0 Å². The van der Waals surface area contributed by atoms with Crippen molar-refractivity contribution in [3.05, 3.63) is 12.4 Å². The summed E-state index contributed by atoms with van der Waals surface area (Å²) in [4.78, 5) is 7.89. The molecule has 4 nitrogen and oxygen atoms in total. The summed E-state index contributed by atoms with van der Waals surface area (Å²) in [5.74, 6) is 0.919. The van der Waals surface area contributed by atoms with Crippen molar-refractivity contribution >= 4 is 5.82 Å². The Labute approximate surface area is 78.1 Å². The number of nitrogen functional groups attached to an aromatic ring is 1. The predicted molar refractivity (Wildman–Crippen MR) is 51.4 cm³/mol. The molecule has 0 saturated carbocycles. The largest absolute Gasteiger partial charge is 0.471 e. The molecule has 1 heterocycles. The van der Waals surface area contributed by atoms with Gasteiger partial charge in [-0.15, -0.1) is 0 Å². The van der Waals surface area contributed by atoms with Gasteiger partial charge in [0.05, 0.1) is 12.4 Å². The normalized spacial score (nSPS) is 11.3. The molecule has 0 atom stereocenters. The highest BCUT2D eigenvalue weighted by Gasteiger charge is 2.17. The number of ether oxygens (including phenoxy) is 1. The number of nitrogens with two attached hydrogens (primary N) is 1. The van der Waals surface area contributed by atoms with Crippen LogP contribution < -0.4 is 10.5 Å². The van der Waals surface area contributed by atoms with Gasteiger partial charge >= 0.3 is 0 Å². The maximum Gasteiger partial charge on any atom is 0.232 e. The zero-order valence-electron chi connectivity index (χ0n) is 8.24. The zero-order chi connectivity index (χ0) is 9.90. The summed E-state index contributed by atoms with van der Waals surface area (Å²) in [6.07, 6.45) is 3.94. The molecule has 0 aliphatic rings. The molecule has 13 heavy (non-hydrogen) atoms. The molecule has 0 saturated heterocycles. The molecule has 0 aliphatic heterocycles. The third kappa shape index (κ3) is 2.89. The van der Waals surface area contributed by atoms with Crippen LogP contribution >= 0.6 is 0 Å². The van der Waals surface area contributed by atoms with E-state index in [0.717, 1.165) is 6.42 Å². The van der Waals surface area contributed by atoms with Crippen molar-refractivity contribution in [2.45, 2.75) is 32.8 Å². The Morgan fingerprint density at radius 3 is 2.54 bits per heavy atom. The van der Waals surface area contributed by atoms with Crippen molar-refractivity contribution in [3.63, 3.8) is 0 Å². The fourth-order valence-electron chi connectivity index (χ4n) is 0.734. The highest BCUT2D eigenvalue weighted by Crippen LogP contribution is 2.17. The van der Waals surface area contributed by atoms with Gasteiger partial charge in [0.1, 0.15) is 11.4 Å². The highest BCUT2D eigenvalue weighted by molar-refractivity contribution is 5.24. The van der Waals surface area contributed by atoms with E-state index in [1.807, 2.05) is 13.8 Å². The van der Waals surface area contributed by atoms with E-state index in [1.165, 1.54) is 12.4 Å². The van der Waals surface area contributed by atoms with E-state index in [1.54, 1.807) is 0 Å². The zero-order valence-corrected chi connectivity index (χ0v) is 8.24. The highest BCUT2D eigenvalue weighted by atomic mass is 16.5. The summed E-state index contributed by atoms with van der Waals surface area (Å²) >= 11 is 0. The van der Waals surface area contributed by atoms with Crippen molar-refractivity contribution in [1.29, 1.82) is 0 Å². The van der Waals surface area contributed by atoms with Crippen LogP contribution in [0.2, 0.25) is 0 Å². The summed E-state index contributed by atoms with van der Waals surface area (Å²) in [5.41, 5.74) is 5.19. The minimum absolute atomic E-state index is 0.204. The molecule has 0 radical (unpaired) electrons. The van der Waals surface area contributed by atoms with Crippen LogP contribution in [0.1, 0.15) is 27.2 Å². The molecule has 0 aromatic carbocycles. The Morgan fingerprint density at radius 2 is 2.08 bits per heavy atom. The van der Waals surface area contributed by atoms with Crippen LogP contribution in [0.25, 0.3) is 0 Å². The van der Waals surface area contributed by atoms with E-state index < -0.39 is 0 Å². The van der Waals surface area contributed by atoms with E-state index in [0.29, 0.717) is 11.7 Å². The van der Waals surface area contributed by atoms with Gasteiger partial charge < -0.3 is 10.5 Å². The fourth-order valence-corrected chi connectivity index (χ4v) is 0.734. The van der Waals surface area contributed by atoms with Crippen LogP contribution in [0, 0.1) is 0 Å². The maximum absolute atomic E-state index is 5.58. The van der Waals surface area contributed by atoms with Crippen LogP contribution in [-0.2, 0) is 0 Å². The van der Waals surface area contributed by atoms with Crippen molar-refractivity contribution in [1.82, 2.24) is 9.97 Å². The van der Waals surface area contributed by atoms with Gasteiger partial charge in [0.2, 0.25) is 5.88 Å². The molecule has 0 spiro atoms. The molecular weight excluding hydrogens is 166 g/mol. The van der Waals surface area contributed by atoms with Crippen molar-refractivity contribution in [3.8, 4) is 5.88 Å². The molecule has 1 aromatic rings. The molecule has 72 valence electrons. The van der Waals surface area contributed by atoms with E-state index in [2.05, 4.69) is 16.9 Å². The summed E-state index contributed by atoms with van der Waals surface area (Å²) in [7, 11) is 0. The number of hydrogen-bond acceptors (Lipinski definition) is 4. The lowest BCUT2D eigenvalue weighted by Gasteiger charge is -2.23. The topological polar surface area (TPSA) is 61.0 Å². The van der Waals surface area contributed by atoms with Crippen LogP contribution in [0.4, 0.5) is 5.82 Å². The van der Waals surface area contributed by atoms with Crippen molar-refractivity contribution < 1.29 is 4.74 Å². The minimum Gasteiger partial charge on any atom is -0.471 e. The number of anilines is 1. The Kier molecular flexibility index (Phi) is 2.70.